The highest BCUT2D eigenvalue weighted by molar-refractivity contribution is 5.77. The molecule has 2 aromatic heterocycles. The summed E-state index contributed by atoms with van der Waals surface area (Å²) in [6, 6.07) is 0. The number of nitrogens with two attached hydrogens (primary N) is 1. The van der Waals surface area contributed by atoms with Crippen molar-refractivity contribution in [3.63, 3.8) is 0 Å². The van der Waals surface area contributed by atoms with Gasteiger partial charge in [0.2, 0.25) is 11.8 Å². The molecule has 0 saturated heterocycles. The van der Waals surface area contributed by atoms with Gasteiger partial charge in [-0.05, 0) is 6.92 Å². The van der Waals surface area contributed by atoms with Gasteiger partial charge in [0.15, 0.2) is 11.2 Å². The molecule has 0 aliphatic rings. The minimum Gasteiger partial charge on any atom is -0.479 e. The lowest BCUT2D eigenvalue weighted by Crippen LogP contribution is -2.27. The first-order valence-electron chi connectivity index (χ1n) is 7.13. The third-order valence-electron chi connectivity index (χ3n) is 2.94. The molecule has 0 aromatic carbocycles. The quantitative estimate of drug-likeness (QED) is 0.626. The lowest BCUT2D eigenvalue weighted by molar-refractivity contribution is -0.0611. The van der Waals surface area contributed by atoms with Crippen molar-refractivity contribution in [1.82, 2.24) is 19.5 Å². The maximum atomic E-state index is 11.1. The number of carbonyl (C=O) groups is 1. The van der Waals surface area contributed by atoms with Gasteiger partial charge in [0.1, 0.15) is 19.4 Å². The number of carbonyl (C=O) groups excluding carboxylic acids is 1. The van der Waals surface area contributed by atoms with Gasteiger partial charge < -0.3 is 29.8 Å². The van der Waals surface area contributed by atoms with E-state index in [0.29, 0.717) is 11.2 Å². The summed E-state index contributed by atoms with van der Waals surface area (Å²) >= 11 is 0. The number of nitrogen functional groups attached to an aromatic ring is 1. The molecule has 1 atom stereocenters. The van der Waals surface area contributed by atoms with Gasteiger partial charge in [-0.25, -0.2) is 9.78 Å². The minimum absolute atomic E-state index is 0.00746. The van der Waals surface area contributed by atoms with Crippen LogP contribution in [-0.2, 0) is 20.9 Å². The lowest BCUT2D eigenvalue weighted by atomic mass is 10.4. The molecule has 11 nitrogen and oxygen atoms in total. The molecule has 11 heteroatoms. The Bertz CT molecular complexity index is 691. The average molecular weight is 341 g/mol. The zero-order chi connectivity index (χ0) is 17.5. The Morgan fingerprint density at radius 1 is 1.42 bits per heavy atom. The third kappa shape index (κ3) is 4.20. The van der Waals surface area contributed by atoms with Crippen molar-refractivity contribution in [3.8, 4) is 5.88 Å². The summed E-state index contributed by atoms with van der Waals surface area (Å²) in [5.74, 6) is 0.283. The Morgan fingerprint density at radius 2 is 2.21 bits per heavy atom. The first-order chi connectivity index (χ1) is 11.6. The molecule has 0 bridgehead atoms. The monoisotopic (exact) mass is 341 g/mol. The Balaban J connectivity index is 2.01. The standard InChI is InChI=1S/C13H19N5O6/c1-3-22-13(20)23-5-8(4-19)24-7-18-6-15-9-10(18)16-12(14)17-11(9)21-2/h6,8,19H,3-5,7H2,1-2H3,(H2,14,16,17). The maximum Gasteiger partial charge on any atom is 0.508 e. The molecular weight excluding hydrogens is 322 g/mol. The molecule has 2 aromatic rings. The number of anilines is 1. The molecule has 0 radical (unpaired) electrons. The van der Waals surface area contributed by atoms with Crippen molar-refractivity contribution in [3.05, 3.63) is 6.33 Å². The van der Waals surface area contributed by atoms with Crippen LogP contribution in [0, 0.1) is 0 Å². The van der Waals surface area contributed by atoms with Gasteiger partial charge in [-0.3, -0.25) is 4.57 Å². The highest BCUT2D eigenvalue weighted by Crippen LogP contribution is 2.21. The van der Waals surface area contributed by atoms with E-state index >= 15 is 0 Å². The summed E-state index contributed by atoms with van der Waals surface area (Å²) in [5, 5.41) is 9.29. The van der Waals surface area contributed by atoms with Crippen LogP contribution in [0.25, 0.3) is 11.2 Å². The Morgan fingerprint density at radius 3 is 2.88 bits per heavy atom. The van der Waals surface area contributed by atoms with Gasteiger partial charge >= 0.3 is 6.16 Å². The molecule has 2 rings (SSSR count). The number of aliphatic hydroxyl groups is 1. The molecule has 0 aliphatic heterocycles. The van der Waals surface area contributed by atoms with Crippen LogP contribution >= 0.6 is 0 Å². The fourth-order valence-electron chi connectivity index (χ4n) is 1.83. The average Bonchev–Trinajstić information content (AvgIpc) is 2.97. The van der Waals surface area contributed by atoms with Crippen molar-refractivity contribution < 1.29 is 28.8 Å². The summed E-state index contributed by atoms with van der Waals surface area (Å²) in [4.78, 5) is 23.3. The smallest absolute Gasteiger partial charge is 0.479 e. The van der Waals surface area contributed by atoms with Crippen LogP contribution in [0.1, 0.15) is 6.92 Å². The summed E-state index contributed by atoms with van der Waals surface area (Å²) < 4.78 is 21.6. The van der Waals surface area contributed by atoms with Crippen molar-refractivity contribution in [2.45, 2.75) is 19.8 Å². The van der Waals surface area contributed by atoms with Gasteiger partial charge in [-0.1, -0.05) is 0 Å². The number of aromatic nitrogens is 4. The number of hydrogen-bond acceptors (Lipinski definition) is 10. The predicted molar refractivity (Wildman–Crippen MR) is 81.2 cm³/mol. The topological polar surface area (TPSA) is 144 Å². The summed E-state index contributed by atoms with van der Waals surface area (Å²) in [5.41, 5.74) is 6.47. The molecular formula is C13H19N5O6. The number of fused-ring (bicyclic) bond motifs is 1. The van der Waals surface area contributed by atoms with Gasteiger partial charge in [0.25, 0.3) is 0 Å². The number of methoxy groups -OCH3 is 1. The van der Waals surface area contributed by atoms with Crippen molar-refractivity contribution in [1.29, 1.82) is 0 Å². The number of ether oxygens (including phenoxy) is 4. The zero-order valence-corrected chi connectivity index (χ0v) is 13.3. The van der Waals surface area contributed by atoms with E-state index < -0.39 is 12.3 Å². The Labute approximate surface area is 137 Å². The summed E-state index contributed by atoms with van der Waals surface area (Å²) in [7, 11) is 1.45. The summed E-state index contributed by atoms with van der Waals surface area (Å²) in [6.07, 6.45) is -0.0760. The highest BCUT2D eigenvalue weighted by atomic mass is 16.7. The molecule has 0 spiro atoms. The predicted octanol–water partition coefficient (Wildman–Crippen LogP) is -0.0748. The Kier molecular flexibility index (Phi) is 6.09. The lowest BCUT2D eigenvalue weighted by Gasteiger charge is -2.15. The molecule has 3 N–H and O–H groups in total. The number of imidazole rings is 1. The van der Waals surface area contributed by atoms with E-state index in [9.17, 15) is 9.90 Å². The van der Waals surface area contributed by atoms with Crippen molar-refractivity contribution in [2.24, 2.45) is 0 Å². The fraction of sp³-hybridized carbons (Fsp3) is 0.538. The third-order valence-corrected chi connectivity index (χ3v) is 2.94. The van der Waals surface area contributed by atoms with Gasteiger partial charge in [0, 0.05) is 0 Å². The number of rotatable bonds is 8. The molecule has 24 heavy (non-hydrogen) atoms. The number of nitrogens with zero attached hydrogens (tertiary/aromatic N) is 4. The van der Waals surface area contributed by atoms with Crippen LogP contribution in [0.15, 0.2) is 6.33 Å². The molecule has 0 amide bonds. The van der Waals surface area contributed by atoms with Crippen molar-refractivity contribution >= 4 is 23.3 Å². The molecule has 1 unspecified atom stereocenters. The van der Waals surface area contributed by atoms with E-state index in [4.69, 9.17) is 19.9 Å². The molecule has 0 aliphatic carbocycles. The SMILES string of the molecule is CCOC(=O)OCC(CO)OCn1cnc2c(OC)nc(N)nc21. The zero-order valence-electron chi connectivity index (χ0n) is 13.3. The van der Waals surface area contributed by atoms with Crippen molar-refractivity contribution in [2.75, 3.05) is 32.7 Å². The number of hydrogen-bond donors (Lipinski definition) is 2. The maximum absolute atomic E-state index is 11.1. The van der Waals surface area contributed by atoms with Crippen LogP contribution in [0.4, 0.5) is 10.7 Å². The fourth-order valence-corrected chi connectivity index (χ4v) is 1.83. The van der Waals surface area contributed by atoms with E-state index in [0.717, 1.165) is 0 Å². The Hall–Kier alpha value is -2.66. The van der Waals surface area contributed by atoms with E-state index in [1.165, 1.54) is 13.4 Å². The van der Waals surface area contributed by atoms with E-state index in [-0.39, 0.29) is 38.4 Å². The van der Waals surface area contributed by atoms with Crippen LogP contribution in [0.3, 0.4) is 0 Å². The van der Waals surface area contributed by atoms with E-state index in [2.05, 4.69) is 19.7 Å². The van der Waals surface area contributed by atoms with Gasteiger partial charge in [-0.2, -0.15) is 9.97 Å². The van der Waals surface area contributed by atoms with Gasteiger partial charge in [0.05, 0.1) is 26.7 Å². The number of aliphatic hydroxyl groups excluding tert-OH is 1. The van der Waals surface area contributed by atoms with Crippen LogP contribution < -0.4 is 10.5 Å². The molecule has 0 fully saturated rings. The van der Waals surface area contributed by atoms with E-state index in [1.807, 2.05) is 0 Å². The summed E-state index contributed by atoms with van der Waals surface area (Å²) in [6.45, 7) is 1.38. The first-order valence-corrected chi connectivity index (χ1v) is 7.13. The highest BCUT2D eigenvalue weighted by Gasteiger charge is 2.16. The first kappa shape index (κ1) is 17.7. The van der Waals surface area contributed by atoms with Gasteiger partial charge in [-0.15, -0.1) is 0 Å². The molecule has 2 heterocycles. The molecule has 132 valence electrons. The van der Waals surface area contributed by atoms with E-state index in [1.54, 1.807) is 11.5 Å². The van der Waals surface area contributed by atoms with Crippen LogP contribution in [0.2, 0.25) is 0 Å². The molecule has 0 saturated carbocycles. The minimum atomic E-state index is -0.821. The van der Waals surface area contributed by atoms with Crippen LogP contribution in [-0.4, -0.2) is 63.8 Å². The second kappa shape index (κ2) is 8.26. The largest absolute Gasteiger partial charge is 0.508 e. The second-order valence-corrected chi connectivity index (χ2v) is 4.57. The van der Waals surface area contributed by atoms with Crippen LogP contribution in [0.5, 0.6) is 5.88 Å². The normalized spacial score (nSPS) is 12.1. The second-order valence-electron chi connectivity index (χ2n) is 4.57.